The Bertz CT molecular complexity index is 699. The Labute approximate surface area is 168 Å². The van der Waals surface area contributed by atoms with Crippen LogP contribution in [-0.2, 0) is 4.74 Å². The minimum atomic E-state index is -0.537. The van der Waals surface area contributed by atoms with E-state index in [1.165, 1.54) is 19.6 Å². The number of rotatable bonds is 6. The van der Waals surface area contributed by atoms with Gasteiger partial charge in [-0.05, 0) is 52.5 Å². The number of carbonyl (C=O) groups excluding carboxylic acids is 1. The zero-order valence-electron chi connectivity index (χ0n) is 18.2. The van der Waals surface area contributed by atoms with Crippen molar-refractivity contribution >= 4 is 11.8 Å². The van der Waals surface area contributed by atoms with E-state index < -0.39 is 11.7 Å². The van der Waals surface area contributed by atoms with Crippen LogP contribution in [0.5, 0.6) is 5.75 Å². The maximum absolute atomic E-state index is 11.8. The first-order valence-corrected chi connectivity index (χ1v) is 9.62. The molecule has 2 rings (SSSR count). The van der Waals surface area contributed by atoms with Gasteiger partial charge in [-0.2, -0.15) is 0 Å². The molecule has 0 aliphatic carbocycles. The summed E-state index contributed by atoms with van der Waals surface area (Å²) < 4.78 is 12.4. The van der Waals surface area contributed by atoms with E-state index in [1.54, 1.807) is 31.8 Å². The van der Waals surface area contributed by atoms with Gasteiger partial charge in [0.05, 0.1) is 19.1 Å². The summed E-state index contributed by atoms with van der Waals surface area (Å²) in [5.41, 5.74) is 0.903. The van der Waals surface area contributed by atoms with Gasteiger partial charge in [0.1, 0.15) is 11.4 Å². The van der Waals surface area contributed by atoms with Gasteiger partial charge in [-0.3, -0.25) is 5.32 Å². The van der Waals surface area contributed by atoms with Crippen molar-refractivity contribution in [3.63, 3.8) is 0 Å². The van der Waals surface area contributed by atoms with Gasteiger partial charge in [-0.25, -0.2) is 9.78 Å². The fourth-order valence-electron chi connectivity index (χ4n) is 2.46. The van der Waals surface area contributed by atoms with E-state index in [1.807, 2.05) is 37.6 Å². The van der Waals surface area contributed by atoms with Crippen LogP contribution in [-0.4, -0.2) is 52.9 Å². The first kappa shape index (κ1) is 23.5. The number of benzene rings is 1. The van der Waals surface area contributed by atoms with Crippen molar-refractivity contribution in [1.82, 2.24) is 14.5 Å². The predicted molar refractivity (Wildman–Crippen MR) is 113 cm³/mol. The molecule has 0 aliphatic heterocycles. The minimum Gasteiger partial charge on any atom is -0.494 e. The standard InChI is InChI=1S/C15H19N3O3.C6H15N/c1-15(2,3)21-14(19)17-11-5-6-12(13(9-11)20-4)18-8-7-16-10-18;1-4-7(5-2)6-3/h5-10H,1-4H3,(H,17,19);4-6H2,1-3H3. The van der Waals surface area contributed by atoms with E-state index in [2.05, 4.69) is 36.0 Å². The van der Waals surface area contributed by atoms with Crippen molar-refractivity contribution in [1.29, 1.82) is 0 Å². The molecule has 1 aromatic carbocycles. The predicted octanol–water partition coefficient (Wildman–Crippen LogP) is 4.58. The number of carbonyl (C=O) groups is 1. The Balaban J connectivity index is 0.000000480. The molecule has 0 aliphatic rings. The number of nitrogens with one attached hydrogen (secondary N) is 1. The van der Waals surface area contributed by atoms with E-state index in [-0.39, 0.29) is 0 Å². The molecule has 0 radical (unpaired) electrons. The number of amides is 1. The SMILES string of the molecule is CCN(CC)CC.COc1cc(NC(=O)OC(C)(C)C)ccc1-n1ccnc1. The highest BCUT2D eigenvalue weighted by Crippen LogP contribution is 2.26. The van der Waals surface area contributed by atoms with Crippen LogP contribution in [0.2, 0.25) is 0 Å². The minimum absolute atomic E-state index is 0.500. The average molecular weight is 391 g/mol. The van der Waals surface area contributed by atoms with Gasteiger partial charge in [0.15, 0.2) is 0 Å². The fraction of sp³-hybridized carbons (Fsp3) is 0.524. The van der Waals surface area contributed by atoms with Crippen LogP contribution in [0.4, 0.5) is 10.5 Å². The third kappa shape index (κ3) is 8.00. The first-order chi connectivity index (χ1) is 13.2. The van der Waals surface area contributed by atoms with Gasteiger partial charge < -0.3 is 18.9 Å². The molecule has 0 spiro atoms. The molecule has 0 atom stereocenters. The molecule has 28 heavy (non-hydrogen) atoms. The molecule has 0 fully saturated rings. The van der Waals surface area contributed by atoms with Gasteiger partial charge in [-0.15, -0.1) is 0 Å². The van der Waals surface area contributed by atoms with Crippen LogP contribution in [0.1, 0.15) is 41.5 Å². The largest absolute Gasteiger partial charge is 0.494 e. The zero-order chi connectivity index (χ0) is 21.2. The summed E-state index contributed by atoms with van der Waals surface area (Å²) in [4.78, 5) is 18.1. The topological polar surface area (TPSA) is 68.6 Å². The van der Waals surface area contributed by atoms with Gasteiger partial charge in [0.25, 0.3) is 0 Å². The first-order valence-electron chi connectivity index (χ1n) is 9.62. The number of hydrogen-bond donors (Lipinski definition) is 1. The molecular weight excluding hydrogens is 356 g/mol. The lowest BCUT2D eigenvalue weighted by atomic mass is 10.2. The van der Waals surface area contributed by atoms with Gasteiger partial charge in [0, 0.05) is 24.1 Å². The summed E-state index contributed by atoms with van der Waals surface area (Å²) >= 11 is 0. The van der Waals surface area contributed by atoms with Crippen LogP contribution >= 0.6 is 0 Å². The smallest absolute Gasteiger partial charge is 0.412 e. The van der Waals surface area contributed by atoms with Crippen molar-refractivity contribution in [2.24, 2.45) is 0 Å². The molecule has 1 amide bonds. The molecule has 2 aromatic rings. The van der Waals surface area contributed by atoms with E-state index >= 15 is 0 Å². The van der Waals surface area contributed by atoms with Gasteiger partial charge in [-0.1, -0.05) is 20.8 Å². The number of methoxy groups -OCH3 is 1. The zero-order valence-corrected chi connectivity index (χ0v) is 18.2. The number of nitrogens with zero attached hydrogens (tertiary/aromatic N) is 3. The van der Waals surface area contributed by atoms with Gasteiger partial charge in [0.2, 0.25) is 0 Å². The number of hydrogen-bond acceptors (Lipinski definition) is 5. The lowest BCUT2D eigenvalue weighted by Gasteiger charge is -2.20. The number of aromatic nitrogens is 2. The van der Waals surface area contributed by atoms with Crippen LogP contribution in [0, 0.1) is 0 Å². The summed E-state index contributed by atoms with van der Waals surface area (Å²) in [7, 11) is 1.58. The molecule has 0 unspecified atom stereocenters. The molecule has 1 aromatic heterocycles. The highest BCUT2D eigenvalue weighted by atomic mass is 16.6. The molecule has 0 saturated heterocycles. The molecule has 156 valence electrons. The number of imidazole rings is 1. The van der Waals surface area contributed by atoms with Crippen molar-refractivity contribution in [3.8, 4) is 11.4 Å². The monoisotopic (exact) mass is 390 g/mol. The third-order valence-corrected chi connectivity index (χ3v) is 3.95. The maximum Gasteiger partial charge on any atom is 0.412 e. The summed E-state index contributed by atoms with van der Waals surface area (Å²) in [6.45, 7) is 15.6. The molecule has 7 heteroatoms. The van der Waals surface area contributed by atoms with Crippen LogP contribution in [0.25, 0.3) is 5.69 Å². The van der Waals surface area contributed by atoms with Crippen molar-refractivity contribution in [2.45, 2.75) is 47.1 Å². The van der Waals surface area contributed by atoms with Crippen LogP contribution in [0.15, 0.2) is 36.9 Å². The van der Waals surface area contributed by atoms with Crippen molar-refractivity contribution in [3.05, 3.63) is 36.9 Å². The van der Waals surface area contributed by atoms with E-state index in [0.717, 1.165) is 5.69 Å². The lowest BCUT2D eigenvalue weighted by molar-refractivity contribution is 0.0636. The molecule has 0 saturated carbocycles. The Kier molecular flexibility index (Phi) is 9.51. The number of ether oxygens (including phenoxy) is 2. The third-order valence-electron chi connectivity index (χ3n) is 3.95. The second-order valence-corrected chi connectivity index (χ2v) is 7.10. The van der Waals surface area contributed by atoms with Crippen LogP contribution in [0.3, 0.4) is 0 Å². The average Bonchev–Trinajstić information content (AvgIpc) is 3.16. The van der Waals surface area contributed by atoms with Crippen LogP contribution < -0.4 is 10.1 Å². The fourth-order valence-corrected chi connectivity index (χ4v) is 2.46. The Morgan fingerprint density at radius 3 is 2.25 bits per heavy atom. The Morgan fingerprint density at radius 2 is 1.82 bits per heavy atom. The highest BCUT2D eigenvalue weighted by Gasteiger charge is 2.16. The van der Waals surface area contributed by atoms with Crippen molar-refractivity contribution in [2.75, 3.05) is 32.1 Å². The molecular formula is C21H34N4O3. The summed E-state index contributed by atoms with van der Waals surface area (Å²) in [6, 6.07) is 5.36. The molecule has 7 nitrogen and oxygen atoms in total. The molecule has 1 N–H and O–H groups in total. The summed E-state index contributed by atoms with van der Waals surface area (Å²) in [5, 5.41) is 2.68. The summed E-state index contributed by atoms with van der Waals surface area (Å²) in [6.07, 6.45) is 4.68. The quantitative estimate of drug-likeness (QED) is 0.782. The van der Waals surface area contributed by atoms with Crippen molar-refractivity contribution < 1.29 is 14.3 Å². The highest BCUT2D eigenvalue weighted by molar-refractivity contribution is 5.85. The van der Waals surface area contributed by atoms with Gasteiger partial charge >= 0.3 is 6.09 Å². The van der Waals surface area contributed by atoms with E-state index in [0.29, 0.717) is 11.4 Å². The lowest BCUT2D eigenvalue weighted by Crippen LogP contribution is -2.27. The maximum atomic E-state index is 11.8. The number of anilines is 1. The second-order valence-electron chi connectivity index (χ2n) is 7.10. The summed E-state index contributed by atoms with van der Waals surface area (Å²) in [5.74, 6) is 0.626. The molecule has 1 heterocycles. The molecule has 0 bridgehead atoms. The van der Waals surface area contributed by atoms with E-state index in [9.17, 15) is 4.79 Å². The normalized spacial score (nSPS) is 10.9. The Morgan fingerprint density at radius 1 is 1.18 bits per heavy atom. The second kappa shape index (κ2) is 11.3. The van der Waals surface area contributed by atoms with E-state index in [4.69, 9.17) is 9.47 Å². The Hall–Kier alpha value is -2.54.